The smallest absolute Gasteiger partial charge is 0.231 e. The lowest BCUT2D eigenvalue weighted by Crippen LogP contribution is -2.36. The van der Waals surface area contributed by atoms with Crippen LogP contribution in [0.25, 0.3) is 0 Å². The number of carbonyl (C=O) groups excluding carboxylic acids is 1. The molecule has 1 amide bonds. The van der Waals surface area contributed by atoms with Crippen LogP contribution in [0.4, 0.5) is 10.1 Å². The Hall–Kier alpha value is -2.36. The van der Waals surface area contributed by atoms with Gasteiger partial charge in [-0.25, -0.2) is 4.39 Å². The Bertz CT molecular complexity index is 699. The van der Waals surface area contributed by atoms with Gasteiger partial charge < -0.3 is 9.64 Å². The van der Waals surface area contributed by atoms with Gasteiger partial charge in [-0.2, -0.15) is 0 Å². The molecule has 3 nitrogen and oxygen atoms in total. The van der Waals surface area contributed by atoms with Gasteiger partial charge in [0.2, 0.25) is 5.91 Å². The Kier molecular flexibility index (Phi) is 4.09. The van der Waals surface area contributed by atoms with Gasteiger partial charge in [0.25, 0.3) is 0 Å². The summed E-state index contributed by atoms with van der Waals surface area (Å²) < 4.78 is 18.6. The molecule has 4 heteroatoms. The van der Waals surface area contributed by atoms with E-state index in [1.54, 1.807) is 17.0 Å². The average Bonchev–Trinajstić information content (AvgIpc) is 2.54. The second kappa shape index (κ2) is 6.18. The van der Waals surface area contributed by atoms with E-state index < -0.39 is 5.82 Å². The molecule has 0 saturated heterocycles. The zero-order valence-electron chi connectivity index (χ0n) is 12.5. The van der Waals surface area contributed by atoms with Crippen molar-refractivity contribution in [3.63, 3.8) is 0 Å². The summed E-state index contributed by atoms with van der Waals surface area (Å²) in [5, 5.41) is 0. The van der Waals surface area contributed by atoms with Crippen molar-refractivity contribution in [1.29, 1.82) is 0 Å². The molecule has 3 rings (SSSR count). The first-order valence-corrected chi connectivity index (χ1v) is 7.39. The van der Waals surface area contributed by atoms with Crippen molar-refractivity contribution in [3.8, 4) is 5.75 Å². The first kappa shape index (κ1) is 14.6. The van der Waals surface area contributed by atoms with Gasteiger partial charge in [0.15, 0.2) is 11.6 Å². The summed E-state index contributed by atoms with van der Waals surface area (Å²) in [5.74, 6) is -0.247. The van der Waals surface area contributed by atoms with Crippen molar-refractivity contribution in [1.82, 2.24) is 0 Å². The van der Waals surface area contributed by atoms with Gasteiger partial charge in [0, 0.05) is 12.2 Å². The number of methoxy groups -OCH3 is 1. The number of nitrogens with zero attached hydrogens (tertiary/aromatic N) is 1. The van der Waals surface area contributed by atoms with E-state index in [1.165, 1.54) is 18.7 Å². The van der Waals surface area contributed by atoms with Crippen molar-refractivity contribution < 1.29 is 13.9 Å². The highest BCUT2D eigenvalue weighted by atomic mass is 19.1. The third kappa shape index (κ3) is 2.82. The zero-order chi connectivity index (χ0) is 15.5. The molecule has 0 atom stereocenters. The monoisotopic (exact) mass is 299 g/mol. The highest BCUT2D eigenvalue weighted by Crippen LogP contribution is 2.27. The predicted molar refractivity (Wildman–Crippen MR) is 83.8 cm³/mol. The minimum Gasteiger partial charge on any atom is -0.494 e. The number of anilines is 1. The van der Waals surface area contributed by atoms with Crippen molar-refractivity contribution >= 4 is 11.6 Å². The SMILES string of the molecule is COc1ccc(CC(=O)N2CCCc3ccccc32)cc1F. The van der Waals surface area contributed by atoms with Crippen LogP contribution >= 0.6 is 0 Å². The van der Waals surface area contributed by atoms with Crippen LogP contribution in [0.5, 0.6) is 5.75 Å². The first-order chi connectivity index (χ1) is 10.7. The van der Waals surface area contributed by atoms with Crippen molar-refractivity contribution in [2.24, 2.45) is 0 Å². The van der Waals surface area contributed by atoms with Crippen LogP contribution in [0, 0.1) is 5.82 Å². The third-order valence-electron chi connectivity index (χ3n) is 3.98. The Morgan fingerprint density at radius 1 is 1.27 bits per heavy atom. The van der Waals surface area contributed by atoms with Crippen molar-refractivity contribution in [3.05, 3.63) is 59.4 Å². The second-order valence-corrected chi connectivity index (χ2v) is 5.42. The maximum atomic E-state index is 13.7. The maximum Gasteiger partial charge on any atom is 0.231 e. The number of rotatable bonds is 3. The summed E-state index contributed by atoms with van der Waals surface area (Å²) in [6, 6.07) is 12.6. The quantitative estimate of drug-likeness (QED) is 0.870. The minimum atomic E-state index is -0.438. The molecule has 0 unspecified atom stereocenters. The summed E-state index contributed by atoms with van der Waals surface area (Å²) >= 11 is 0. The summed E-state index contributed by atoms with van der Waals surface area (Å²) in [5.41, 5.74) is 2.84. The lowest BCUT2D eigenvalue weighted by Gasteiger charge is -2.29. The molecule has 0 saturated carbocycles. The fraction of sp³-hybridized carbons (Fsp3) is 0.278. The highest BCUT2D eigenvalue weighted by Gasteiger charge is 2.22. The summed E-state index contributed by atoms with van der Waals surface area (Å²) in [6.45, 7) is 0.717. The third-order valence-corrected chi connectivity index (χ3v) is 3.98. The van der Waals surface area contributed by atoms with E-state index in [4.69, 9.17) is 4.74 Å². The Labute approximate surface area is 129 Å². The van der Waals surface area contributed by atoms with Gasteiger partial charge in [-0.05, 0) is 42.2 Å². The molecule has 0 N–H and O–H groups in total. The van der Waals surface area contributed by atoms with Crippen LogP contribution in [0.15, 0.2) is 42.5 Å². The molecule has 114 valence electrons. The largest absolute Gasteiger partial charge is 0.494 e. The minimum absolute atomic E-state index is 0.00304. The van der Waals surface area contributed by atoms with Gasteiger partial charge in [-0.3, -0.25) is 4.79 Å². The second-order valence-electron chi connectivity index (χ2n) is 5.42. The standard InChI is InChI=1S/C18H18FNO2/c1-22-17-9-8-13(11-15(17)19)12-18(21)20-10-4-6-14-5-2-3-7-16(14)20/h2-3,5,7-9,11H,4,6,10,12H2,1H3. The molecule has 1 heterocycles. The topological polar surface area (TPSA) is 29.5 Å². The average molecular weight is 299 g/mol. The molecule has 0 fully saturated rings. The van der Waals surface area contributed by atoms with Crippen LogP contribution in [0.2, 0.25) is 0 Å². The van der Waals surface area contributed by atoms with Gasteiger partial charge in [-0.15, -0.1) is 0 Å². The van der Waals surface area contributed by atoms with E-state index >= 15 is 0 Å². The number of carbonyl (C=O) groups is 1. The molecule has 0 aliphatic carbocycles. The number of amides is 1. The highest BCUT2D eigenvalue weighted by molar-refractivity contribution is 5.95. The number of halogens is 1. The number of aryl methyl sites for hydroxylation is 1. The van der Waals surface area contributed by atoms with Crippen molar-refractivity contribution in [2.75, 3.05) is 18.6 Å². The van der Waals surface area contributed by atoms with E-state index in [0.29, 0.717) is 12.1 Å². The van der Waals surface area contributed by atoms with Gasteiger partial charge in [0.1, 0.15) is 0 Å². The Morgan fingerprint density at radius 2 is 2.09 bits per heavy atom. The summed E-state index contributed by atoms with van der Waals surface area (Å²) in [7, 11) is 1.42. The van der Waals surface area contributed by atoms with Gasteiger partial charge >= 0.3 is 0 Å². The molecular weight excluding hydrogens is 281 g/mol. The van der Waals surface area contributed by atoms with Crippen LogP contribution in [0.1, 0.15) is 17.5 Å². The lowest BCUT2D eigenvalue weighted by atomic mass is 10.0. The normalized spacial score (nSPS) is 13.6. The van der Waals surface area contributed by atoms with Crippen molar-refractivity contribution in [2.45, 2.75) is 19.3 Å². The Morgan fingerprint density at radius 3 is 2.86 bits per heavy atom. The molecule has 0 spiro atoms. The lowest BCUT2D eigenvalue weighted by molar-refractivity contribution is -0.118. The Balaban J connectivity index is 1.79. The fourth-order valence-corrected chi connectivity index (χ4v) is 2.88. The molecule has 0 radical (unpaired) electrons. The molecule has 1 aliphatic heterocycles. The van der Waals surface area contributed by atoms with Crippen LogP contribution in [-0.2, 0) is 17.6 Å². The predicted octanol–water partition coefficient (Wildman–Crippen LogP) is 3.36. The van der Waals surface area contributed by atoms with E-state index in [0.717, 1.165) is 18.5 Å². The zero-order valence-corrected chi connectivity index (χ0v) is 12.5. The van der Waals surface area contributed by atoms with E-state index in [1.807, 2.05) is 18.2 Å². The molecule has 0 aromatic heterocycles. The molecular formula is C18H18FNO2. The first-order valence-electron chi connectivity index (χ1n) is 7.39. The molecule has 22 heavy (non-hydrogen) atoms. The number of fused-ring (bicyclic) bond motifs is 1. The van der Waals surface area contributed by atoms with E-state index in [9.17, 15) is 9.18 Å². The van der Waals surface area contributed by atoms with Gasteiger partial charge in [-0.1, -0.05) is 24.3 Å². The van der Waals surface area contributed by atoms with E-state index in [2.05, 4.69) is 6.07 Å². The number of benzene rings is 2. The molecule has 2 aromatic carbocycles. The number of para-hydroxylation sites is 1. The fourth-order valence-electron chi connectivity index (χ4n) is 2.88. The molecule has 1 aliphatic rings. The van der Waals surface area contributed by atoms with Gasteiger partial charge in [0.05, 0.1) is 13.5 Å². The maximum absolute atomic E-state index is 13.7. The van der Waals surface area contributed by atoms with Crippen LogP contribution in [-0.4, -0.2) is 19.6 Å². The van der Waals surface area contributed by atoms with Crippen LogP contribution in [0.3, 0.4) is 0 Å². The van der Waals surface area contributed by atoms with Crippen LogP contribution < -0.4 is 9.64 Å². The molecule has 0 bridgehead atoms. The van der Waals surface area contributed by atoms with E-state index in [-0.39, 0.29) is 18.1 Å². The molecule has 2 aromatic rings. The summed E-state index contributed by atoms with van der Waals surface area (Å²) in [6.07, 6.45) is 2.14. The number of hydrogen-bond acceptors (Lipinski definition) is 2. The summed E-state index contributed by atoms with van der Waals surface area (Å²) in [4.78, 5) is 14.4. The number of ether oxygens (including phenoxy) is 1. The number of hydrogen-bond donors (Lipinski definition) is 0.